The van der Waals surface area contributed by atoms with E-state index in [0.717, 1.165) is 10.5 Å². The molecule has 0 aliphatic heterocycles. The third kappa shape index (κ3) is 8.83. The summed E-state index contributed by atoms with van der Waals surface area (Å²) >= 11 is 1.47. The predicted molar refractivity (Wildman–Crippen MR) is 115 cm³/mol. The minimum Gasteiger partial charge on any atom is -0.482 e. The Balaban J connectivity index is 1.77. The lowest BCUT2D eigenvalue weighted by Gasteiger charge is -2.19. The molecule has 0 saturated carbocycles. The smallest absolute Gasteiger partial charge is 0.344 e. The fraction of sp³-hybridized carbons (Fsp3) is 0.318. The average Bonchev–Trinajstić information content (AvgIpc) is 2.66. The second-order valence-corrected chi connectivity index (χ2v) is 8.67. The molecule has 0 bridgehead atoms. The second-order valence-electron chi connectivity index (χ2n) is 7.25. The standard InChI is InChI=1S/C22H26N2O4S/c1-16(29-19-8-6-5-7-9-19)21(26)24-23-14-17-10-12-18(13-11-17)27-15-20(25)28-22(2,3)4/h5-14,16H,15H2,1-4H3,(H,24,26)/b23-14-/t16-/m0/s1. The van der Waals surface area contributed by atoms with Crippen LogP contribution in [0.4, 0.5) is 0 Å². The van der Waals surface area contributed by atoms with Gasteiger partial charge in [-0.1, -0.05) is 18.2 Å². The van der Waals surface area contributed by atoms with E-state index in [4.69, 9.17) is 9.47 Å². The summed E-state index contributed by atoms with van der Waals surface area (Å²) in [5, 5.41) is 3.73. The molecule has 0 aliphatic carbocycles. The minimum atomic E-state index is -0.539. The number of rotatable bonds is 8. The summed E-state index contributed by atoms with van der Waals surface area (Å²) in [4.78, 5) is 24.8. The summed E-state index contributed by atoms with van der Waals surface area (Å²) in [7, 11) is 0. The van der Waals surface area contributed by atoms with Crippen molar-refractivity contribution in [3.8, 4) is 5.75 Å². The van der Waals surface area contributed by atoms with E-state index in [1.807, 2.05) is 37.3 Å². The van der Waals surface area contributed by atoms with Crippen LogP contribution >= 0.6 is 11.8 Å². The number of nitrogens with one attached hydrogen (secondary N) is 1. The van der Waals surface area contributed by atoms with Crippen molar-refractivity contribution in [3.05, 3.63) is 60.2 Å². The quantitative estimate of drug-likeness (QED) is 0.305. The summed E-state index contributed by atoms with van der Waals surface area (Å²) in [6.45, 7) is 7.09. The van der Waals surface area contributed by atoms with E-state index in [1.165, 1.54) is 11.8 Å². The van der Waals surface area contributed by atoms with E-state index in [-0.39, 0.29) is 17.8 Å². The first-order valence-corrected chi connectivity index (χ1v) is 10.1. The molecule has 0 heterocycles. The Bertz CT molecular complexity index is 830. The Morgan fingerprint density at radius 2 is 1.76 bits per heavy atom. The summed E-state index contributed by atoms with van der Waals surface area (Å²) in [6.07, 6.45) is 1.55. The fourth-order valence-electron chi connectivity index (χ4n) is 2.18. The van der Waals surface area contributed by atoms with Gasteiger partial charge < -0.3 is 9.47 Å². The zero-order valence-electron chi connectivity index (χ0n) is 17.0. The lowest BCUT2D eigenvalue weighted by atomic mass is 10.2. The van der Waals surface area contributed by atoms with Gasteiger partial charge >= 0.3 is 5.97 Å². The van der Waals surface area contributed by atoms with Crippen LogP contribution in [-0.2, 0) is 14.3 Å². The van der Waals surface area contributed by atoms with Crippen LogP contribution in [0, 0.1) is 0 Å². The summed E-state index contributed by atoms with van der Waals surface area (Å²) in [5.74, 6) is -0.0503. The number of hydrogen-bond acceptors (Lipinski definition) is 6. The number of ether oxygens (including phenoxy) is 2. The van der Waals surface area contributed by atoms with E-state index in [1.54, 1.807) is 51.3 Å². The van der Waals surface area contributed by atoms with Crippen molar-refractivity contribution in [2.45, 2.75) is 43.4 Å². The van der Waals surface area contributed by atoms with Gasteiger partial charge in [0, 0.05) is 4.90 Å². The predicted octanol–water partition coefficient (Wildman–Crippen LogP) is 4.04. The molecular formula is C22H26N2O4S. The van der Waals surface area contributed by atoms with E-state index < -0.39 is 11.6 Å². The highest BCUT2D eigenvalue weighted by atomic mass is 32.2. The largest absolute Gasteiger partial charge is 0.482 e. The van der Waals surface area contributed by atoms with Crippen LogP contribution in [0.25, 0.3) is 0 Å². The van der Waals surface area contributed by atoms with Crippen LogP contribution in [0.5, 0.6) is 5.75 Å². The number of hydrogen-bond donors (Lipinski definition) is 1. The molecule has 0 spiro atoms. The summed E-state index contributed by atoms with van der Waals surface area (Å²) < 4.78 is 10.6. The maximum atomic E-state index is 12.1. The van der Waals surface area contributed by atoms with Crippen molar-refractivity contribution in [2.24, 2.45) is 5.10 Å². The molecule has 1 atom stereocenters. The molecule has 0 saturated heterocycles. The number of hydrazone groups is 1. The number of amides is 1. The van der Waals surface area contributed by atoms with E-state index in [2.05, 4.69) is 10.5 Å². The highest BCUT2D eigenvalue weighted by molar-refractivity contribution is 8.00. The van der Waals surface area contributed by atoms with E-state index in [0.29, 0.717) is 5.75 Å². The Morgan fingerprint density at radius 3 is 2.38 bits per heavy atom. The first-order valence-electron chi connectivity index (χ1n) is 9.22. The van der Waals surface area contributed by atoms with Gasteiger partial charge in [-0.05, 0) is 69.7 Å². The van der Waals surface area contributed by atoms with Crippen LogP contribution in [0.3, 0.4) is 0 Å². The molecule has 2 aromatic carbocycles. The topological polar surface area (TPSA) is 77.0 Å². The number of thioether (sulfide) groups is 1. The van der Waals surface area contributed by atoms with Gasteiger partial charge in [0.1, 0.15) is 11.4 Å². The molecule has 2 aromatic rings. The molecule has 0 unspecified atom stereocenters. The fourth-order valence-corrected chi connectivity index (χ4v) is 3.06. The molecule has 1 amide bonds. The number of carbonyl (C=O) groups is 2. The van der Waals surface area contributed by atoms with Crippen LogP contribution < -0.4 is 10.2 Å². The lowest BCUT2D eigenvalue weighted by Crippen LogP contribution is -2.27. The Kier molecular flexibility index (Phi) is 8.27. The molecule has 6 nitrogen and oxygen atoms in total. The van der Waals surface area contributed by atoms with Gasteiger partial charge in [0.2, 0.25) is 0 Å². The van der Waals surface area contributed by atoms with Crippen molar-refractivity contribution >= 4 is 29.9 Å². The van der Waals surface area contributed by atoms with Crippen molar-refractivity contribution in [1.82, 2.24) is 5.43 Å². The molecule has 29 heavy (non-hydrogen) atoms. The summed E-state index contributed by atoms with van der Waals surface area (Å²) in [5.41, 5.74) is 2.80. The van der Waals surface area contributed by atoms with Crippen LogP contribution in [0.2, 0.25) is 0 Å². The van der Waals surface area contributed by atoms with Crippen molar-refractivity contribution in [3.63, 3.8) is 0 Å². The lowest BCUT2D eigenvalue weighted by molar-refractivity contribution is -0.157. The first-order chi connectivity index (χ1) is 13.7. The van der Waals surface area contributed by atoms with Gasteiger partial charge in [-0.15, -0.1) is 11.8 Å². The maximum Gasteiger partial charge on any atom is 0.344 e. The highest BCUT2D eigenvalue weighted by Gasteiger charge is 2.16. The number of carbonyl (C=O) groups excluding carboxylic acids is 2. The SMILES string of the molecule is C[C@H](Sc1ccccc1)C(=O)N/N=C\c1ccc(OCC(=O)OC(C)(C)C)cc1. The Labute approximate surface area is 175 Å². The Morgan fingerprint density at radius 1 is 1.10 bits per heavy atom. The molecule has 0 fully saturated rings. The Hall–Kier alpha value is -2.80. The van der Waals surface area contributed by atoms with Gasteiger partial charge in [-0.25, -0.2) is 10.2 Å². The number of nitrogens with zero attached hydrogens (tertiary/aromatic N) is 1. The zero-order valence-corrected chi connectivity index (χ0v) is 17.9. The highest BCUT2D eigenvalue weighted by Crippen LogP contribution is 2.22. The molecule has 0 aliphatic rings. The van der Waals surface area contributed by atoms with Crippen molar-refractivity contribution in [2.75, 3.05) is 6.61 Å². The second kappa shape index (κ2) is 10.7. The van der Waals surface area contributed by atoms with Crippen molar-refractivity contribution < 1.29 is 19.1 Å². The van der Waals surface area contributed by atoms with Gasteiger partial charge in [0.25, 0.3) is 5.91 Å². The van der Waals surface area contributed by atoms with Gasteiger partial charge in [0.05, 0.1) is 11.5 Å². The van der Waals surface area contributed by atoms with Gasteiger partial charge in [-0.2, -0.15) is 5.10 Å². The van der Waals surface area contributed by atoms with E-state index in [9.17, 15) is 9.59 Å². The first kappa shape index (κ1) is 22.5. The molecule has 2 rings (SSSR count). The molecule has 0 aromatic heterocycles. The number of esters is 1. The number of benzene rings is 2. The molecular weight excluding hydrogens is 388 g/mol. The van der Waals surface area contributed by atoms with Crippen LogP contribution in [0.15, 0.2) is 64.6 Å². The molecule has 1 N–H and O–H groups in total. The molecule has 7 heteroatoms. The van der Waals surface area contributed by atoms with E-state index >= 15 is 0 Å². The van der Waals surface area contributed by atoms with Crippen molar-refractivity contribution in [1.29, 1.82) is 0 Å². The van der Waals surface area contributed by atoms with Crippen LogP contribution in [0.1, 0.15) is 33.3 Å². The zero-order chi connectivity index (χ0) is 21.3. The molecule has 0 radical (unpaired) electrons. The third-order valence-electron chi connectivity index (χ3n) is 3.47. The normalized spacial score (nSPS) is 12.4. The van der Waals surface area contributed by atoms with Gasteiger partial charge in [-0.3, -0.25) is 4.79 Å². The van der Waals surface area contributed by atoms with Gasteiger partial charge in [0.15, 0.2) is 6.61 Å². The minimum absolute atomic E-state index is 0.155. The summed E-state index contributed by atoms with van der Waals surface area (Å²) in [6, 6.07) is 16.7. The van der Waals surface area contributed by atoms with Crippen LogP contribution in [-0.4, -0.2) is 35.5 Å². The maximum absolute atomic E-state index is 12.1. The molecule has 154 valence electrons. The third-order valence-corrected chi connectivity index (χ3v) is 4.58. The monoisotopic (exact) mass is 414 g/mol. The average molecular weight is 415 g/mol.